The van der Waals surface area contributed by atoms with E-state index >= 15 is 0 Å². The van der Waals surface area contributed by atoms with Crippen LogP contribution in [0.2, 0.25) is 5.02 Å². The van der Waals surface area contributed by atoms with Gasteiger partial charge in [0.2, 0.25) is 11.1 Å². The lowest BCUT2D eigenvalue weighted by Crippen LogP contribution is -2.32. The van der Waals surface area contributed by atoms with Crippen LogP contribution in [-0.4, -0.2) is 42.9 Å². The first kappa shape index (κ1) is 20.4. The number of nitrogens with one attached hydrogen (secondary N) is 2. The molecule has 0 aliphatic rings. The lowest BCUT2D eigenvalue weighted by atomic mass is 10.1. The number of tetrazole rings is 1. The van der Waals surface area contributed by atoms with Crippen LogP contribution in [0.25, 0.3) is 16.6 Å². The Balaban J connectivity index is 1.36. The summed E-state index contributed by atoms with van der Waals surface area (Å²) in [6, 6.07) is 13.7. The lowest BCUT2D eigenvalue weighted by Gasteiger charge is -2.12. The molecular formula is C21H21ClN6OS. The van der Waals surface area contributed by atoms with Crippen molar-refractivity contribution in [2.45, 2.75) is 30.7 Å². The van der Waals surface area contributed by atoms with Crippen LogP contribution in [0.5, 0.6) is 0 Å². The van der Waals surface area contributed by atoms with Crippen molar-refractivity contribution >= 4 is 40.2 Å². The van der Waals surface area contributed by atoms with Gasteiger partial charge in [0.25, 0.3) is 0 Å². The number of amides is 1. The minimum absolute atomic E-state index is 0.0586. The number of benzene rings is 2. The van der Waals surface area contributed by atoms with E-state index in [1.54, 1.807) is 4.68 Å². The van der Waals surface area contributed by atoms with E-state index in [1.807, 2.05) is 62.5 Å². The maximum Gasteiger partial charge on any atom is 0.233 e. The molecule has 1 atom stereocenters. The fourth-order valence-corrected chi connectivity index (χ4v) is 4.21. The predicted molar refractivity (Wildman–Crippen MR) is 119 cm³/mol. The maximum absolute atomic E-state index is 12.6. The van der Waals surface area contributed by atoms with Gasteiger partial charge in [0.1, 0.15) is 0 Å². The summed E-state index contributed by atoms with van der Waals surface area (Å²) in [5.41, 5.74) is 4.14. The Labute approximate surface area is 183 Å². The summed E-state index contributed by atoms with van der Waals surface area (Å²) in [6.45, 7) is 4.39. The zero-order chi connectivity index (χ0) is 21.1. The third-order valence-corrected chi connectivity index (χ3v) is 6.03. The number of H-pyrrole nitrogens is 1. The van der Waals surface area contributed by atoms with E-state index < -0.39 is 0 Å². The average Bonchev–Trinajstić information content (AvgIpc) is 3.35. The monoisotopic (exact) mass is 440 g/mol. The molecule has 4 aromatic rings. The van der Waals surface area contributed by atoms with Crippen LogP contribution in [-0.2, 0) is 11.2 Å². The molecule has 7 nitrogen and oxygen atoms in total. The highest BCUT2D eigenvalue weighted by Crippen LogP contribution is 2.24. The Hall–Kier alpha value is -2.84. The van der Waals surface area contributed by atoms with Gasteiger partial charge in [-0.3, -0.25) is 4.79 Å². The van der Waals surface area contributed by atoms with Gasteiger partial charge in [-0.2, -0.15) is 4.68 Å². The van der Waals surface area contributed by atoms with Crippen molar-refractivity contribution in [3.63, 3.8) is 0 Å². The van der Waals surface area contributed by atoms with Crippen molar-refractivity contribution in [2.75, 3.05) is 6.54 Å². The highest BCUT2D eigenvalue weighted by Gasteiger charge is 2.19. The molecule has 2 aromatic heterocycles. The Morgan fingerprint density at radius 3 is 3.00 bits per heavy atom. The van der Waals surface area contributed by atoms with Gasteiger partial charge < -0.3 is 10.3 Å². The molecule has 30 heavy (non-hydrogen) atoms. The molecule has 4 rings (SSSR count). The van der Waals surface area contributed by atoms with Crippen LogP contribution in [0.1, 0.15) is 18.1 Å². The average molecular weight is 441 g/mol. The van der Waals surface area contributed by atoms with Crippen molar-refractivity contribution in [3.8, 4) is 5.69 Å². The highest BCUT2D eigenvalue weighted by molar-refractivity contribution is 8.00. The van der Waals surface area contributed by atoms with E-state index in [9.17, 15) is 4.79 Å². The first-order valence-electron chi connectivity index (χ1n) is 9.56. The SMILES string of the molecule is Cc1cccc(-n2nnnc2SC(C)C(=O)NCCc2c[nH]c3ccc(Cl)cc23)c1. The molecule has 0 saturated carbocycles. The first-order valence-corrected chi connectivity index (χ1v) is 10.8. The number of carbonyl (C=O) groups is 1. The van der Waals surface area contributed by atoms with Crippen molar-refractivity contribution in [2.24, 2.45) is 0 Å². The van der Waals surface area contributed by atoms with Gasteiger partial charge in [-0.15, -0.1) is 5.10 Å². The van der Waals surface area contributed by atoms with Crippen LogP contribution in [0, 0.1) is 6.92 Å². The Kier molecular flexibility index (Phi) is 6.06. The summed E-state index contributed by atoms with van der Waals surface area (Å²) in [4.78, 5) is 15.8. The maximum atomic E-state index is 12.6. The Morgan fingerprint density at radius 1 is 1.30 bits per heavy atom. The molecule has 154 valence electrons. The molecule has 0 spiro atoms. The minimum atomic E-state index is -0.336. The standard InChI is InChI=1S/C21H21ClN6OS/c1-13-4-3-5-17(10-13)28-21(25-26-27-28)30-14(2)20(29)23-9-8-15-12-24-19-7-6-16(22)11-18(15)19/h3-7,10-12,14,24H,8-9H2,1-2H3,(H,23,29). The molecule has 1 amide bonds. The van der Waals surface area contributed by atoms with Gasteiger partial charge >= 0.3 is 0 Å². The third kappa shape index (κ3) is 4.49. The van der Waals surface area contributed by atoms with Crippen molar-refractivity contribution in [3.05, 3.63) is 64.8 Å². The van der Waals surface area contributed by atoms with E-state index in [2.05, 4.69) is 25.8 Å². The summed E-state index contributed by atoms with van der Waals surface area (Å²) < 4.78 is 1.65. The highest BCUT2D eigenvalue weighted by atomic mass is 35.5. The summed E-state index contributed by atoms with van der Waals surface area (Å²) >= 11 is 7.43. The molecule has 2 N–H and O–H groups in total. The van der Waals surface area contributed by atoms with Crippen LogP contribution in [0.15, 0.2) is 53.8 Å². The molecule has 0 radical (unpaired) electrons. The lowest BCUT2D eigenvalue weighted by molar-refractivity contribution is -0.120. The molecule has 0 bridgehead atoms. The number of nitrogens with zero attached hydrogens (tertiary/aromatic N) is 4. The molecule has 2 heterocycles. The minimum Gasteiger partial charge on any atom is -0.361 e. The second kappa shape index (κ2) is 8.89. The molecule has 2 aromatic carbocycles. The smallest absolute Gasteiger partial charge is 0.233 e. The van der Waals surface area contributed by atoms with Gasteiger partial charge in [-0.25, -0.2) is 0 Å². The van der Waals surface area contributed by atoms with Crippen LogP contribution in [0.3, 0.4) is 0 Å². The predicted octanol–water partition coefficient (Wildman–Crippen LogP) is 3.94. The fourth-order valence-electron chi connectivity index (χ4n) is 3.21. The molecule has 0 aliphatic heterocycles. The van der Waals surface area contributed by atoms with Gasteiger partial charge in [-0.1, -0.05) is 35.5 Å². The molecule has 1 unspecified atom stereocenters. The fraction of sp³-hybridized carbons (Fsp3) is 0.238. The number of aromatic amines is 1. The van der Waals surface area contributed by atoms with E-state index in [0.717, 1.165) is 27.7 Å². The number of thioether (sulfide) groups is 1. The number of aromatic nitrogens is 5. The number of halogens is 1. The van der Waals surface area contributed by atoms with E-state index in [4.69, 9.17) is 11.6 Å². The van der Waals surface area contributed by atoms with Crippen LogP contribution >= 0.6 is 23.4 Å². The molecule has 9 heteroatoms. The first-order chi connectivity index (χ1) is 14.5. The summed E-state index contributed by atoms with van der Waals surface area (Å²) in [5.74, 6) is -0.0586. The zero-order valence-electron chi connectivity index (χ0n) is 16.6. The zero-order valence-corrected chi connectivity index (χ0v) is 18.2. The third-order valence-electron chi connectivity index (χ3n) is 4.76. The van der Waals surface area contributed by atoms with Crippen molar-refractivity contribution in [1.29, 1.82) is 0 Å². The topological polar surface area (TPSA) is 88.5 Å². The summed E-state index contributed by atoms with van der Waals surface area (Å²) in [5, 5.41) is 16.9. The molecule has 0 saturated heterocycles. The van der Waals surface area contributed by atoms with Crippen molar-refractivity contribution in [1.82, 2.24) is 30.5 Å². The largest absolute Gasteiger partial charge is 0.361 e. The molecular weight excluding hydrogens is 420 g/mol. The van der Waals surface area contributed by atoms with E-state index in [0.29, 0.717) is 23.1 Å². The molecule has 0 aliphatic carbocycles. The number of rotatable bonds is 7. The van der Waals surface area contributed by atoms with Gasteiger partial charge in [0, 0.05) is 28.7 Å². The number of aryl methyl sites for hydroxylation is 1. The number of hydrogen-bond donors (Lipinski definition) is 2. The summed E-state index contributed by atoms with van der Waals surface area (Å²) in [7, 11) is 0. The van der Waals surface area contributed by atoms with Gasteiger partial charge in [-0.05, 0) is 72.2 Å². The quantitative estimate of drug-likeness (QED) is 0.425. The van der Waals surface area contributed by atoms with E-state index in [1.165, 1.54) is 11.8 Å². The summed E-state index contributed by atoms with van der Waals surface area (Å²) in [6.07, 6.45) is 2.67. The van der Waals surface area contributed by atoms with Crippen LogP contribution < -0.4 is 5.32 Å². The molecule has 0 fully saturated rings. The van der Waals surface area contributed by atoms with Gasteiger partial charge in [0.15, 0.2) is 0 Å². The number of carbonyl (C=O) groups excluding carboxylic acids is 1. The van der Waals surface area contributed by atoms with Crippen LogP contribution in [0.4, 0.5) is 0 Å². The normalized spacial score (nSPS) is 12.2. The Bertz CT molecular complexity index is 1190. The van der Waals surface area contributed by atoms with Gasteiger partial charge in [0.05, 0.1) is 10.9 Å². The second-order valence-electron chi connectivity index (χ2n) is 7.02. The van der Waals surface area contributed by atoms with Crippen molar-refractivity contribution < 1.29 is 4.79 Å². The van der Waals surface area contributed by atoms with E-state index in [-0.39, 0.29) is 11.2 Å². The second-order valence-corrected chi connectivity index (χ2v) is 8.76. The number of fused-ring (bicyclic) bond motifs is 1. The Morgan fingerprint density at radius 2 is 2.17 bits per heavy atom. The number of hydrogen-bond acceptors (Lipinski definition) is 5.